The molecule has 1 rings (SSSR count). The Labute approximate surface area is 83.9 Å². The number of hydrogen-bond acceptors (Lipinski definition) is 1. The van der Waals surface area contributed by atoms with Gasteiger partial charge in [0, 0.05) is 11.6 Å². The number of aromatic hydroxyl groups is 1. The summed E-state index contributed by atoms with van der Waals surface area (Å²) in [5.41, 5.74) is 1.90. The standard InChI is InChI=1S/C12H15FO/c1-7(2)9-5-10(8(3)4)12(14)6-11(9)13/h5-6,8,14H,1H2,2-4H3. The van der Waals surface area contributed by atoms with Crippen molar-refractivity contribution in [1.82, 2.24) is 0 Å². The highest BCUT2D eigenvalue weighted by atomic mass is 19.1. The first-order chi connectivity index (χ1) is 6.43. The minimum atomic E-state index is -0.417. The minimum Gasteiger partial charge on any atom is -0.508 e. The van der Waals surface area contributed by atoms with Gasteiger partial charge in [-0.25, -0.2) is 4.39 Å². The van der Waals surface area contributed by atoms with E-state index in [1.165, 1.54) is 0 Å². The van der Waals surface area contributed by atoms with Crippen molar-refractivity contribution >= 4 is 5.57 Å². The molecule has 0 atom stereocenters. The van der Waals surface area contributed by atoms with Crippen LogP contribution < -0.4 is 0 Å². The lowest BCUT2D eigenvalue weighted by Crippen LogP contribution is -1.94. The minimum absolute atomic E-state index is 0.0162. The molecule has 0 radical (unpaired) electrons. The van der Waals surface area contributed by atoms with Gasteiger partial charge in [0.2, 0.25) is 0 Å². The Morgan fingerprint density at radius 2 is 2.00 bits per heavy atom. The van der Waals surface area contributed by atoms with Gasteiger partial charge < -0.3 is 5.11 Å². The molecule has 0 heterocycles. The fourth-order valence-electron chi connectivity index (χ4n) is 1.37. The van der Waals surface area contributed by atoms with Crippen LogP contribution in [0.15, 0.2) is 18.7 Å². The molecule has 0 aliphatic rings. The molecule has 1 N–H and O–H groups in total. The van der Waals surface area contributed by atoms with Crippen molar-refractivity contribution in [3.63, 3.8) is 0 Å². The Hall–Kier alpha value is -1.31. The van der Waals surface area contributed by atoms with Gasteiger partial charge in [-0.3, -0.25) is 0 Å². The fourth-order valence-corrected chi connectivity index (χ4v) is 1.37. The van der Waals surface area contributed by atoms with Crippen molar-refractivity contribution in [3.8, 4) is 5.75 Å². The van der Waals surface area contributed by atoms with E-state index < -0.39 is 5.82 Å². The third-order valence-corrected chi connectivity index (χ3v) is 2.20. The van der Waals surface area contributed by atoms with Gasteiger partial charge in [0.05, 0.1) is 0 Å². The van der Waals surface area contributed by atoms with Crippen molar-refractivity contribution in [3.05, 3.63) is 35.7 Å². The lowest BCUT2D eigenvalue weighted by Gasteiger charge is -2.11. The van der Waals surface area contributed by atoms with E-state index in [4.69, 9.17) is 0 Å². The average molecular weight is 194 g/mol. The molecule has 0 fully saturated rings. The Kier molecular flexibility index (Phi) is 2.94. The van der Waals surface area contributed by atoms with E-state index in [9.17, 15) is 9.50 Å². The van der Waals surface area contributed by atoms with E-state index in [1.807, 2.05) is 13.8 Å². The van der Waals surface area contributed by atoms with Gasteiger partial charge in [0.15, 0.2) is 0 Å². The largest absolute Gasteiger partial charge is 0.508 e. The summed E-state index contributed by atoms with van der Waals surface area (Å²) in [5, 5.41) is 9.50. The number of rotatable bonds is 2. The maximum Gasteiger partial charge on any atom is 0.134 e. The maximum absolute atomic E-state index is 13.3. The van der Waals surface area contributed by atoms with Crippen LogP contribution in [-0.2, 0) is 0 Å². The van der Waals surface area contributed by atoms with Crippen LogP contribution in [0.4, 0.5) is 4.39 Å². The highest BCUT2D eigenvalue weighted by Crippen LogP contribution is 2.30. The van der Waals surface area contributed by atoms with Gasteiger partial charge in [-0.2, -0.15) is 0 Å². The molecule has 0 bridgehead atoms. The molecule has 0 amide bonds. The van der Waals surface area contributed by atoms with E-state index in [1.54, 1.807) is 13.0 Å². The van der Waals surface area contributed by atoms with Crippen molar-refractivity contribution in [2.75, 3.05) is 0 Å². The number of halogens is 1. The summed E-state index contributed by atoms with van der Waals surface area (Å²) in [5.74, 6) is -0.226. The summed E-state index contributed by atoms with van der Waals surface area (Å²) in [4.78, 5) is 0. The van der Waals surface area contributed by atoms with Crippen LogP contribution in [0.3, 0.4) is 0 Å². The Morgan fingerprint density at radius 1 is 1.43 bits per heavy atom. The van der Waals surface area contributed by atoms with Gasteiger partial charge >= 0.3 is 0 Å². The van der Waals surface area contributed by atoms with Crippen molar-refractivity contribution in [2.45, 2.75) is 26.7 Å². The van der Waals surface area contributed by atoms with Gasteiger partial charge in [0.1, 0.15) is 11.6 Å². The van der Waals surface area contributed by atoms with Gasteiger partial charge in [-0.1, -0.05) is 20.4 Å². The molecule has 0 spiro atoms. The Morgan fingerprint density at radius 3 is 2.43 bits per heavy atom. The van der Waals surface area contributed by atoms with Gasteiger partial charge in [0.25, 0.3) is 0 Å². The molecule has 0 aromatic heterocycles. The van der Waals surface area contributed by atoms with Crippen LogP contribution in [0, 0.1) is 5.82 Å². The molecule has 2 heteroatoms. The summed E-state index contributed by atoms with van der Waals surface area (Å²) >= 11 is 0. The van der Waals surface area contributed by atoms with Crippen LogP contribution in [-0.4, -0.2) is 5.11 Å². The highest BCUT2D eigenvalue weighted by Gasteiger charge is 2.11. The molecule has 1 aromatic rings. The molecule has 14 heavy (non-hydrogen) atoms. The van der Waals surface area contributed by atoms with E-state index >= 15 is 0 Å². The zero-order valence-corrected chi connectivity index (χ0v) is 8.76. The molecule has 0 aliphatic carbocycles. The summed E-state index contributed by atoms with van der Waals surface area (Å²) in [7, 11) is 0. The second-order valence-corrected chi connectivity index (χ2v) is 3.83. The first-order valence-corrected chi connectivity index (χ1v) is 4.61. The molecular weight excluding hydrogens is 179 g/mol. The average Bonchev–Trinajstić information content (AvgIpc) is 2.02. The highest BCUT2D eigenvalue weighted by molar-refractivity contribution is 5.64. The number of benzene rings is 1. The van der Waals surface area contributed by atoms with Crippen molar-refractivity contribution in [2.24, 2.45) is 0 Å². The summed E-state index contributed by atoms with van der Waals surface area (Å²) < 4.78 is 13.3. The number of phenolic OH excluding ortho intramolecular Hbond substituents is 1. The van der Waals surface area contributed by atoms with Crippen LogP contribution in [0.2, 0.25) is 0 Å². The van der Waals surface area contributed by atoms with Gasteiger partial charge in [-0.15, -0.1) is 0 Å². The second-order valence-electron chi connectivity index (χ2n) is 3.83. The zero-order chi connectivity index (χ0) is 10.9. The predicted octanol–water partition coefficient (Wildman–Crippen LogP) is 3.69. The van der Waals surface area contributed by atoms with Gasteiger partial charge in [-0.05, 0) is 30.0 Å². The molecule has 1 aromatic carbocycles. The Balaban J connectivity index is 3.34. The van der Waals surface area contributed by atoms with Crippen LogP contribution in [0.1, 0.15) is 37.8 Å². The summed E-state index contributed by atoms with van der Waals surface area (Å²) in [6.45, 7) is 9.35. The predicted molar refractivity (Wildman–Crippen MR) is 56.9 cm³/mol. The normalized spacial score (nSPS) is 10.6. The first kappa shape index (κ1) is 10.8. The van der Waals surface area contributed by atoms with E-state index in [0.717, 1.165) is 11.6 Å². The van der Waals surface area contributed by atoms with Crippen LogP contribution >= 0.6 is 0 Å². The smallest absolute Gasteiger partial charge is 0.134 e. The third kappa shape index (κ3) is 1.95. The SMILES string of the molecule is C=C(C)c1cc(C(C)C)c(O)cc1F. The van der Waals surface area contributed by atoms with Crippen LogP contribution in [0.25, 0.3) is 5.57 Å². The molecule has 0 saturated carbocycles. The van der Waals surface area contributed by atoms with E-state index in [0.29, 0.717) is 11.1 Å². The summed E-state index contributed by atoms with van der Waals surface area (Å²) in [6.07, 6.45) is 0. The first-order valence-electron chi connectivity index (χ1n) is 4.61. The molecular formula is C12H15FO. The molecule has 0 unspecified atom stereocenters. The zero-order valence-electron chi connectivity index (χ0n) is 8.76. The number of phenols is 1. The lowest BCUT2D eigenvalue weighted by atomic mass is 9.97. The van der Waals surface area contributed by atoms with E-state index in [-0.39, 0.29) is 11.7 Å². The maximum atomic E-state index is 13.3. The topological polar surface area (TPSA) is 20.2 Å². The molecule has 0 aliphatic heterocycles. The second kappa shape index (κ2) is 3.82. The van der Waals surface area contributed by atoms with Crippen LogP contribution in [0.5, 0.6) is 5.75 Å². The number of allylic oxidation sites excluding steroid dienone is 1. The third-order valence-electron chi connectivity index (χ3n) is 2.20. The van der Waals surface area contributed by atoms with Crippen molar-refractivity contribution < 1.29 is 9.50 Å². The lowest BCUT2D eigenvalue weighted by molar-refractivity contribution is 0.458. The molecule has 0 saturated heterocycles. The molecule has 76 valence electrons. The fraction of sp³-hybridized carbons (Fsp3) is 0.333. The number of hydrogen-bond donors (Lipinski definition) is 1. The van der Waals surface area contributed by atoms with Crippen molar-refractivity contribution in [1.29, 1.82) is 0 Å². The Bertz CT molecular complexity index is 367. The quantitative estimate of drug-likeness (QED) is 0.761. The molecule has 1 nitrogen and oxygen atoms in total. The van der Waals surface area contributed by atoms with E-state index in [2.05, 4.69) is 6.58 Å². The summed E-state index contributed by atoms with van der Waals surface area (Å²) in [6, 6.07) is 2.82. The monoisotopic (exact) mass is 194 g/mol.